The molecule has 0 saturated carbocycles. The predicted molar refractivity (Wildman–Crippen MR) is 189 cm³/mol. The summed E-state index contributed by atoms with van der Waals surface area (Å²) in [4.78, 5) is 18.9. The monoisotopic (exact) mass is 598 g/mol. The minimum absolute atomic E-state index is 0.449. The van der Waals surface area contributed by atoms with Crippen molar-refractivity contribution in [3.63, 3.8) is 0 Å². The van der Waals surface area contributed by atoms with Gasteiger partial charge in [0.2, 0.25) is 0 Å². The molecule has 5 heteroatoms. The van der Waals surface area contributed by atoms with E-state index in [1.807, 2.05) is 12.3 Å². The first-order valence-electron chi connectivity index (χ1n) is 16.0. The molecule has 0 radical (unpaired) electrons. The van der Waals surface area contributed by atoms with E-state index in [-0.39, 0.29) is 0 Å². The number of aliphatic imine (C=N–C) groups is 1. The van der Waals surface area contributed by atoms with Crippen LogP contribution in [0, 0.1) is 0 Å². The molecule has 218 valence electrons. The lowest BCUT2D eigenvalue weighted by atomic mass is 10.1. The van der Waals surface area contributed by atoms with Crippen LogP contribution in [0.3, 0.4) is 0 Å². The highest BCUT2D eigenvalue weighted by atomic mass is 28.3. The van der Waals surface area contributed by atoms with Crippen LogP contribution >= 0.6 is 0 Å². The van der Waals surface area contributed by atoms with Crippen molar-refractivity contribution in [1.82, 2.24) is 15.0 Å². The van der Waals surface area contributed by atoms with Gasteiger partial charge < -0.3 is 0 Å². The standard InChI is InChI=1S/C40H34N4Si/c1-3-11-33(12-4-1)45(34-13-5-2-6-14-34,35-21-15-29(16-22-35)37-25-19-31-9-7-27-41-39(31)43-37)36-23-17-30(18-24-36)38-26-20-32-10-8-28-42-40(32)44-38/h1,3-5,7,9,11-13,15-28,34H,2,6,8,10,14H2. The lowest BCUT2D eigenvalue weighted by molar-refractivity contribution is 0.719. The first kappa shape index (κ1) is 27.5. The Morgan fingerprint density at radius 2 is 1.33 bits per heavy atom. The molecule has 2 atom stereocenters. The molecule has 1 aliphatic carbocycles. The number of allylic oxidation sites excluding steroid dienone is 2. The van der Waals surface area contributed by atoms with Crippen molar-refractivity contribution in [3.05, 3.63) is 139 Å². The van der Waals surface area contributed by atoms with Gasteiger partial charge in [0.05, 0.1) is 11.4 Å². The Labute approximate surface area is 265 Å². The summed E-state index contributed by atoms with van der Waals surface area (Å²) in [6.45, 7) is 0. The van der Waals surface area contributed by atoms with Crippen LogP contribution < -0.4 is 15.6 Å². The van der Waals surface area contributed by atoms with Gasteiger partial charge in [0, 0.05) is 28.9 Å². The van der Waals surface area contributed by atoms with E-state index < -0.39 is 8.07 Å². The molecule has 45 heavy (non-hydrogen) atoms. The second kappa shape index (κ2) is 11.8. The van der Waals surface area contributed by atoms with Gasteiger partial charge >= 0.3 is 0 Å². The van der Waals surface area contributed by atoms with E-state index in [0.29, 0.717) is 5.54 Å². The molecule has 3 aromatic carbocycles. The minimum atomic E-state index is -2.50. The lowest BCUT2D eigenvalue weighted by Gasteiger charge is -2.41. The zero-order valence-electron chi connectivity index (χ0n) is 25.2. The van der Waals surface area contributed by atoms with Crippen molar-refractivity contribution in [1.29, 1.82) is 0 Å². The molecule has 2 unspecified atom stereocenters. The molecule has 2 aliphatic rings. The van der Waals surface area contributed by atoms with Gasteiger partial charge in [-0.15, -0.1) is 0 Å². The van der Waals surface area contributed by atoms with Crippen molar-refractivity contribution < 1.29 is 0 Å². The van der Waals surface area contributed by atoms with Crippen LogP contribution in [0.15, 0.2) is 139 Å². The first-order chi connectivity index (χ1) is 22.3. The highest BCUT2D eigenvalue weighted by molar-refractivity contribution is 7.12. The van der Waals surface area contributed by atoms with Crippen molar-refractivity contribution in [2.45, 2.75) is 37.6 Å². The van der Waals surface area contributed by atoms with Crippen LogP contribution in [-0.2, 0) is 6.42 Å². The van der Waals surface area contributed by atoms with Crippen molar-refractivity contribution in [2.75, 3.05) is 0 Å². The van der Waals surface area contributed by atoms with Gasteiger partial charge in [-0.1, -0.05) is 97.1 Å². The third-order valence-electron chi connectivity index (χ3n) is 9.49. The highest BCUT2D eigenvalue weighted by Crippen LogP contribution is 2.34. The van der Waals surface area contributed by atoms with Gasteiger partial charge in [0.1, 0.15) is 0 Å². The summed E-state index contributed by atoms with van der Waals surface area (Å²) in [6, 6.07) is 42.4. The Morgan fingerprint density at radius 1 is 0.622 bits per heavy atom. The van der Waals surface area contributed by atoms with Gasteiger partial charge in [0.15, 0.2) is 19.5 Å². The minimum Gasteiger partial charge on any atom is -0.241 e. The van der Waals surface area contributed by atoms with Crippen molar-refractivity contribution in [3.8, 4) is 22.5 Å². The maximum atomic E-state index is 4.93. The number of hydrogen-bond acceptors (Lipinski definition) is 4. The van der Waals surface area contributed by atoms with Crippen LogP contribution in [-0.4, -0.2) is 29.2 Å². The number of rotatable bonds is 6. The summed E-state index contributed by atoms with van der Waals surface area (Å²) in [5.41, 5.74) is 6.62. The third-order valence-corrected chi connectivity index (χ3v) is 14.8. The fraction of sp³-hybridized carbons (Fsp3) is 0.150. The topological polar surface area (TPSA) is 51.0 Å². The second-order valence-corrected chi connectivity index (χ2v) is 16.2. The number of pyridine rings is 3. The first-order valence-corrected chi connectivity index (χ1v) is 18.0. The molecular weight excluding hydrogens is 565 g/mol. The van der Waals surface area contributed by atoms with Gasteiger partial charge in [-0.05, 0) is 89.1 Å². The van der Waals surface area contributed by atoms with E-state index in [0.717, 1.165) is 58.6 Å². The van der Waals surface area contributed by atoms with E-state index >= 15 is 0 Å². The number of aromatic nitrogens is 3. The Kier molecular flexibility index (Phi) is 7.24. The molecule has 1 aliphatic heterocycles. The van der Waals surface area contributed by atoms with Crippen LogP contribution in [0.25, 0.3) is 33.5 Å². The summed E-state index contributed by atoms with van der Waals surface area (Å²) in [7, 11) is -2.50. The van der Waals surface area contributed by atoms with Gasteiger partial charge in [-0.3, -0.25) is 0 Å². The molecule has 0 saturated heterocycles. The molecular formula is C40H34N4Si. The van der Waals surface area contributed by atoms with E-state index in [9.17, 15) is 0 Å². The fourth-order valence-electron chi connectivity index (χ4n) is 7.25. The zero-order valence-corrected chi connectivity index (χ0v) is 26.2. The second-order valence-electron chi connectivity index (χ2n) is 12.1. The van der Waals surface area contributed by atoms with E-state index in [2.05, 4.69) is 131 Å². The van der Waals surface area contributed by atoms with Crippen LogP contribution in [0.5, 0.6) is 0 Å². The number of nitrogens with zero attached hydrogens (tertiary/aromatic N) is 4. The van der Waals surface area contributed by atoms with E-state index in [4.69, 9.17) is 9.97 Å². The molecule has 4 heterocycles. The molecule has 0 spiro atoms. The Balaban J connectivity index is 1.26. The SMILES string of the molecule is C1=CC([Si](c2ccccc2)(c2ccc(-c3ccc4c(n3)N=CCC4)cc2)c2ccc(-c3ccc4cccnc4n3)cc2)CCC1. The summed E-state index contributed by atoms with van der Waals surface area (Å²) in [5.74, 6) is 0.861. The van der Waals surface area contributed by atoms with Gasteiger partial charge in [-0.2, -0.15) is 0 Å². The molecule has 0 bridgehead atoms. The summed E-state index contributed by atoms with van der Waals surface area (Å²) >= 11 is 0. The average molecular weight is 599 g/mol. The van der Waals surface area contributed by atoms with Crippen molar-refractivity contribution >= 4 is 46.7 Å². The highest BCUT2D eigenvalue weighted by Gasteiger charge is 2.45. The largest absolute Gasteiger partial charge is 0.241 e. The molecule has 0 fully saturated rings. The molecule has 8 rings (SSSR count). The number of fused-ring (bicyclic) bond motifs is 2. The van der Waals surface area contributed by atoms with Crippen LogP contribution in [0.1, 0.15) is 31.2 Å². The van der Waals surface area contributed by atoms with Gasteiger partial charge in [0.25, 0.3) is 0 Å². The summed E-state index contributed by atoms with van der Waals surface area (Å²) in [5, 5.41) is 5.34. The zero-order chi connectivity index (χ0) is 30.1. The van der Waals surface area contributed by atoms with Crippen LogP contribution in [0.4, 0.5) is 5.82 Å². The lowest BCUT2D eigenvalue weighted by Crippen LogP contribution is -2.69. The Morgan fingerprint density at radius 3 is 2.07 bits per heavy atom. The van der Waals surface area contributed by atoms with Gasteiger partial charge in [-0.25, -0.2) is 19.9 Å². The maximum absolute atomic E-state index is 4.93. The van der Waals surface area contributed by atoms with E-state index in [1.54, 1.807) is 6.20 Å². The fourth-order valence-corrected chi connectivity index (χ4v) is 12.7. The van der Waals surface area contributed by atoms with E-state index in [1.165, 1.54) is 34.0 Å². The van der Waals surface area contributed by atoms with Crippen molar-refractivity contribution in [2.24, 2.45) is 4.99 Å². The molecule has 6 aromatic rings. The molecule has 0 amide bonds. The molecule has 3 aromatic heterocycles. The summed E-state index contributed by atoms with van der Waals surface area (Å²) in [6.07, 6.45) is 14.3. The normalized spacial score (nSPS) is 17.1. The maximum Gasteiger partial charge on any atom is 0.159 e. The Bertz CT molecular complexity index is 2030. The summed E-state index contributed by atoms with van der Waals surface area (Å²) < 4.78 is 0. The van der Waals surface area contributed by atoms with Crippen LogP contribution in [0.2, 0.25) is 5.54 Å². The molecule has 0 N–H and O–H groups in total. The Hall–Kier alpha value is -5.00. The number of aryl methyl sites for hydroxylation is 1. The smallest absolute Gasteiger partial charge is 0.159 e. The molecule has 4 nitrogen and oxygen atoms in total. The number of hydrogen-bond donors (Lipinski definition) is 0. The quantitative estimate of drug-likeness (QED) is 0.113. The third kappa shape index (κ3) is 5.03. The number of benzene rings is 3. The predicted octanol–water partition coefficient (Wildman–Crippen LogP) is 7.59. The average Bonchev–Trinajstić information content (AvgIpc) is 3.13.